The number of hydrogen-bond acceptors (Lipinski definition) is 5. The van der Waals surface area contributed by atoms with Gasteiger partial charge in [-0.05, 0) is 26.2 Å². The van der Waals surface area contributed by atoms with E-state index < -0.39 is 0 Å². The standard InChI is InChI=1S/C19H25N5O3/c1-14-17(22-13-27-14)18(26)24-7-2-5-19(11-24)6-3-16(25)23(10-19)8-4-15-9-20-12-21-15/h9,12-13H,2-8,10-11H2,1H3,(H,20,21)/t19-/m0/s1. The topological polar surface area (TPSA) is 95.3 Å². The maximum Gasteiger partial charge on any atom is 0.276 e. The molecule has 0 saturated carbocycles. The highest BCUT2D eigenvalue weighted by atomic mass is 16.3. The molecule has 2 aliphatic rings. The van der Waals surface area contributed by atoms with Crippen LogP contribution in [0.3, 0.4) is 0 Å². The predicted molar refractivity (Wildman–Crippen MR) is 96.9 cm³/mol. The molecule has 4 heterocycles. The van der Waals surface area contributed by atoms with Gasteiger partial charge in [-0.2, -0.15) is 0 Å². The molecule has 2 saturated heterocycles. The molecule has 8 heteroatoms. The average molecular weight is 371 g/mol. The number of nitrogens with zero attached hydrogens (tertiary/aromatic N) is 4. The number of imidazole rings is 1. The summed E-state index contributed by atoms with van der Waals surface area (Å²) in [6.45, 7) is 4.55. The zero-order valence-corrected chi connectivity index (χ0v) is 15.6. The first-order valence-electron chi connectivity index (χ1n) is 9.51. The van der Waals surface area contributed by atoms with Crippen molar-refractivity contribution in [2.75, 3.05) is 26.2 Å². The van der Waals surface area contributed by atoms with Crippen molar-refractivity contribution in [2.24, 2.45) is 5.41 Å². The summed E-state index contributed by atoms with van der Waals surface area (Å²) in [5, 5.41) is 0. The summed E-state index contributed by atoms with van der Waals surface area (Å²) in [6, 6.07) is 0. The Labute approximate surface area is 158 Å². The van der Waals surface area contributed by atoms with Crippen molar-refractivity contribution in [1.82, 2.24) is 24.8 Å². The molecule has 1 spiro atoms. The molecular weight excluding hydrogens is 346 g/mol. The molecule has 0 radical (unpaired) electrons. The van der Waals surface area contributed by atoms with Gasteiger partial charge in [0.2, 0.25) is 5.91 Å². The molecule has 0 aromatic carbocycles. The fourth-order valence-electron chi connectivity index (χ4n) is 4.36. The summed E-state index contributed by atoms with van der Waals surface area (Å²) in [6.07, 6.45) is 8.92. The van der Waals surface area contributed by atoms with Crippen molar-refractivity contribution < 1.29 is 14.0 Å². The van der Waals surface area contributed by atoms with Crippen LogP contribution in [-0.2, 0) is 11.2 Å². The van der Waals surface area contributed by atoms with E-state index in [1.54, 1.807) is 19.4 Å². The minimum atomic E-state index is -0.0683. The third-order valence-electron chi connectivity index (χ3n) is 5.85. The van der Waals surface area contributed by atoms with Crippen LogP contribution in [0, 0.1) is 12.3 Å². The molecule has 0 aliphatic carbocycles. The molecule has 2 fully saturated rings. The van der Waals surface area contributed by atoms with Crippen LogP contribution in [0.2, 0.25) is 0 Å². The number of carbonyl (C=O) groups is 2. The lowest BCUT2D eigenvalue weighted by Crippen LogP contribution is -2.55. The first-order valence-corrected chi connectivity index (χ1v) is 9.51. The molecule has 8 nitrogen and oxygen atoms in total. The van der Waals surface area contributed by atoms with Crippen LogP contribution >= 0.6 is 0 Å². The molecule has 1 N–H and O–H groups in total. The lowest BCUT2D eigenvalue weighted by Gasteiger charge is -2.48. The van der Waals surface area contributed by atoms with Crippen molar-refractivity contribution in [1.29, 1.82) is 0 Å². The zero-order chi connectivity index (χ0) is 18.9. The molecule has 2 aromatic rings. The summed E-state index contributed by atoms with van der Waals surface area (Å²) in [5.41, 5.74) is 1.41. The van der Waals surface area contributed by atoms with Gasteiger partial charge < -0.3 is 19.2 Å². The number of oxazole rings is 1. The molecule has 27 heavy (non-hydrogen) atoms. The number of H-pyrrole nitrogens is 1. The number of hydrogen-bond donors (Lipinski definition) is 1. The SMILES string of the molecule is Cc1ocnc1C(=O)N1CCC[C@@]2(CCC(=O)N(CCc3cnc[nH]3)C2)C1. The Kier molecular flexibility index (Phi) is 4.72. The van der Waals surface area contributed by atoms with E-state index in [4.69, 9.17) is 4.42 Å². The number of rotatable bonds is 4. The van der Waals surface area contributed by atoms with Crippen LogP contribution in [0.5, 0.6) is 0 Å². The zero-order valence-electron chi connectivity index (χ0n) is 15.6. The van der Waals surface area contributed by atoms with Gasteiger partial charge in [0.15, 0.2) is 12.1 Å². The quantitative estimate of drug-likeness (QED) is 0.884. The Hall–Kier alpha value is -2.64. The van der Waals surface area contributed by atoms with E-state index in [1.165, 1.54) is 6.39 Å². The van der Waals surface area contributed by atoms with Crippen molar-refractivity contribution in [3.05, 3.63) is 36.1 Å². The summed E-state index contributed by atoms with van der Waals surface area (Å²) in [5.74, 6) is 0.691. The molecule has 0 bridgehead atoms. The molecule has 2 amide bonds. The van der Waals surface area contributed by atoms with Gasteiger partial charge in [0.05, 0.1) is 6.33 Å². The Morgan fingerprint density at radius 3 is 3.00 bits per heavy atom. The van der Waals surface area contributed by atoms with Gasteiger partial charge in [-0.1, -0.05) is 0 Å². The van der Waals surface area contributed by atoms with Crippen LogP contribution in [0.4, 0.5) is 0 Å². The van der Waals surface area contributed by atoms with Gasteiger partial charge in [0.1, 0.15) is 5.76 Å². The van der Waals surface area contributed by atoms with Gasteiger partial charge in [-0.15, -0.1) is 0 Å². The molecule has 1 atom stereocenters. The van der Waals surface area contributed by atoms with E-state index in [-0.39, 0.29) is 17.2 Å². The second-order valence-corrected chi connectivity index (χ2v) is 7.73. The molecule has 144 valence electrons. The number of aromatic amines is 1. The maximum absolute atomic E-state index is 12.8. The number of aromatic nitrogens is 3. The second kappa shape index (κ2) is 7.17. The number of aryl methyl sites for hydroxylation is 1. The number of piperidine rings is 2. The monoisotopic (exact) mass is 371 g/mol. The van der Waals surface area contributed by atoms with Crippen LogP contribution < -0.4 is 0 Å². The van der Waals surface area contributed by atoms with E-state index in [2.05, 4.69) is 15.0 Å². The lowest BCUT2D eigenvalue weighted by atomic mass is 9.73. The fraction of sp³-hybridized carbons (Fsp3) is 0.579. The normalized spacial score (nSPS) is 23.2. The molecule has 4 rings (SSSR count). The number of carbonyl (C=O) groups excluding carboxylic acids is 2. The maximum atomic E-state index is 12.8. The van der Waals surface area contributed by atoms with Gasteiger partial charge in [-0.25, -0.2) is 9.97 Å². The lowest BCUT2D eigenvalue weighted by molar-refractivity contribution is -0.138. The van der Waals surface area contributed by atoms with Crippen molar-refractivity contribution >= 4 is 11.8 Å². The highest BCUT2D eigenvalue weighted by Crippen LogP contribution is 2.39. The van der Waals surface area contributed by atoms with Crippen molar-refractivity contribution in [3.8, 4) is 0 Å². The van der Waals surface area contributed by atoms with E-state index in [1.807, 2.05) is 9.80 Å². The third-order valence-corrected chi connectivity index (χ3v) is 5.85. The highest BCUT2D eigenvalue weighted by molar-refractivity contribution is 5.93. The van der Waals surface area contributed by atoms with Gasteiger partial charge in [0, 0.05) is 56.3 Å². The van der Waals surface area contributed by atoms with Gasteiger partial charge in [-0.3, -0.25) is 9.59 Å². The molecule has 2 aliphatic heterocycles. The summed E-state index contributed by atoms with van der Waals surface area (Å²) in [7, 11) is 0. The van der Waals surface area contributed by atoms with Gasteiger partial charge >= 0.3 is 0 Å². The Morgan fingerprint density at radius 1 is 1.37 bits per heavy atom. The summed E-state index contributed by atoms with van der Waals surface area (Å²) in [4.78, 5) is 40.3. The Bertz CT molecular complexity index is 815. The molecule has 0 unspecified atom stereocenters. The number of amides is 2. The largest absolute Gasteiger partial charge is 0.448 e. The van der Waals surface area contributed by atoms with E-state index in [0.29, 0.717) is 37.5 Å². The molecule has 2 aromatic heterocycles. The van der Waals surface area contributed by atoms with Crippen molar-refractivity contribution in [2.45, 2.75) is 39.0 Å². The third kappa shape index (κ3) is 3.61. The number of likely N-dealkylation sites (tertiary alicyclic amines) is 2. The minimum absolute atomic E-state index is 0.0204. The Morgan fingerprint density at radius 2 is 2.26 bits per heavy atom. The number of nitrogens with one attached hydrogen (secondary N) is 1. The van der Waals surface area contributed by atoms with Crippen LogP contribution in [0.25, 0.3) is 0 Å². The van der Waals surface area contributed by atoms with E-state index in [9.17, 15) is 9.59 Å². The molecular formula is C19H25N5O3. The highest BCUT2D eigenvalue weighted by Gasteiger charge is 2.43. The Balaban J connectivity index is 1.44. The minimum Gasteiger partial charge on any atom is -0.448 e. The van der Waals surface area contributed by atoms with Crippen LogP contribution in [-0.4, -0.2) is 62.7 Å². The second-order valence-electron chi connectivity index (χ2n) is 7.73. The predicted octanol–water partition coefficient (Wildman–Crippen LogP) is 1.79. The van der Waals surface area contributed by atoms with Gasteiger partial charge in [0.25, 0.3) is 5.91 Å². The van der Waals surface area contributed by atoms with E-state index in [0.717, 1.165) is 37.9 Å². The first-order chi connectivity index (χ1) is 13.1. The summed E-state index contributed by atoms with van der Waals surface area (Å²) < 4.78 is 5.19. The first kappa shape index (κ1) is 17.8. The van der Waals surface area contributed by atoms with Crippen LogP contribution in [0.1, 0.15) is 47.6 Å². The smallest absolute Gasteiger partial charge is 0.276 e. The van der Waals surface area contributed by atoms with Crippen LogP contribution in [0.15, 0.2) is 23.3 Å². The summed E-state index contributed by atoms with van der Waals surface area (Å²) >= 11 is 0. The average Bonchev–Trinajstić information content (AvgIpc) is 3.34. The fourth-order valence-corrected chi connectivity index (χ4v) is 4.36. The van der Waals surface area contributed by atoms with E-state index >= 15 is 0 Å². The van der Waals surface area contributed by atoms with Crippen molar-refractivity contribution in [3.63, 3.8) is 0 Å².